The minimum Gasteiger partial charge on any atom is -0.483 e. The molecule has 32 heavy (non-hydrogen) atoms. The highest BCUT2D eigenvalue weighted by molar-refractivity contribution is 5.94. The largest absolute Gasteiger partial charge is 0.483 e. The number of nitrogens with one attached hydrogen (secondary N) is 2. The number of benzene rings is 2. The van der Waals surface area contributed by atoms with Gasteiger partial charge in [0.1, 0.15) is 0 Å². The van der Waals surface area contributed by atoms with Gasteiger partial charge in [-0.2, -0.15) is 5.10 Å². The number of rotatable bonds is 6. The van der Waals surface area contributed by atoms with Crippen molar-refractivity contribution < 1.29 is 14.7 Å². The number of H-pyrrole nitrogens is 1. The maximum Gasteiger partial charge on any atom is 0.290 e. The molecule has 7 nitrogen and oxygen atoms in total. The summed E-state index contributed by atoms with van der Waals surface area (Å²) in [5, 5.41) is 17.4. The molecule has 2 aromatic carbocycles. The summed E-state index contributed by atoms with van der Waals surface area (Å²) in [6.45, 7) is 5.53. The van der Waals surface area contributed by atoms with Gasteiger partial charge in [0, 0.05) is 24.2 Å². The van der Waals surface area contributed by atoms with E-state index in [0.717, 1.165) is 50.3 Å². The Morgan fingerprint density at radius 2 is 1.81 bits per heavy atom. The number of carbonyl (C=O) groups excluding carboxylic acids is 1. The molecule has 3 N–H and O–H groups in total. The van der Waals surface area contributed by atoms with Gasteiger partial charge in [-0.25, -0.2) is 0 Å². The van der Waals surface area contributed by atoms with Crippen LogP contribution in [0.15, 0.2) is 60.8 Å². The van der Waals surface area contributed by atoms with E-state index in [9.17, 15) is 4.79 Å². The zero-order valence-electron chi connectivity index (χ0n) is 18.3. The van der Waals surface area contributed by atoms with Crippen LogP contribution in [0.5, 0.6) is 0 Å². The van der Waals surface area contributed by atoms with Gasteiger partial charge in [0.25, 0.3) is 12.4 Å². The van der Waals surface area contributed by atoms with Gasteiger partial charge in [-0.15, -0.1) is 0 Å². The molecule has 0 aliphatic carbocycles. The third kappa shape index (κ3) is 6.52. The summed E-state index contributed by atoms with van der Waals surface area (Å²) in [5.74, 6) is 0.567. The monoisotopic (exact) mass is 434 g/mol. The van der Waals surface area contributed by atoms with E-state index in [1.165, 1.54) is 16.7 Å². The van der Waals surface area contributed by atoms with Crippen LogP contribution in [0.2, 0.25) is 0 Å². The molecule has 1 aromatic heterocycles. The van der Waals surface area contributed by atoms with Crippen LogP contribution in [-0.4, -0.2) is 52.2 Å². The first-order valence-electron chi connectivity index (χ1n) is 10.8. The molecular formula is C25H30N4O3. The average molecular weight is 435 g/mol. The van der Waals surface area contributed by atoms with Gasteiger partial charge in [-0.05, 0) is 56.5 Å². The summed E-state index contributed by atoms with van der Waals surface area (Å²) in [6, 6.07) is 18.1. The Morgan fingerprint density at radius 3 is 2.47 bits per heavy atom. The molecule has 1 saturated heterocycles. The number of aryl methyl sites for hydroxylation is 1. The van der Waals surface area contributed by atoms with Crippen molar-refractivity contribution in [2.75, 3.05) is 19.6 Å². The predicted molar refractivity (Wildman–Crippen MR) is 124 cm³/mol. The number of aromatic amines is 1. The van der Waals surface area contributed by atoms with E-state index in [4.69, 9.17) is 9.90 Å². The van der Waals surface area contributed by atoms with Gasteiger partial charge in [-0.1, -0.05) is 48.0 Å². The minimum atomic E-state index is -0.250. The van der Waals surface area contributed by atoms with E-state index in [-0.39, 0.29) is 12.4 Å². The number of nitrogens with zero attached hydrogens (tertiary/aromatic N) is 2. The molecule has 7 heteroatoms. The molecule has 0 saturated carbocycles. The number of amides is 1. The van der Waals surface area contributed by atoms with Crippen molar-refractivity contribution in [2.24, 2.45) is 5.92 Å². The maximum absolute atomic E-state index is 12.3. The van der Waals surface area contributed by atoms with Crippen molar-refractivity contribution in [3.8, 4) is 11.3 Å². The Morgan fingerprint density at radius 1 is 1.16 bits per heavy atom. The minimum absolute atomic E-state index is 0.0262. The Kier molecular flexibility index (Phi) is 8.57. The Hall–Kier alpha value is -3.45. The summed E-state index contributed by atoms with van der Waals surface area (Å²) >= 11 is 0. The van der Waals surface area contributed by atoms with Crippen LogP contribution in [0.3, 0.4) is 0 Å². The second kappa shape index (κ2) is 11.8. The van der Waals surface area contributed by atoms with Gasteiger partial charge in [0.15, 0.2) is 0 Å². The number of carboxylic acid groups (broad SMARTS) is 1. The highest BCUT2D eigenvalue weighted by Crippen LogP contribution is 2.24. The van der Waals surface area contributed by atoms with E-state index in [0.29, 0.717) is 5.92 Å². The second-order valence-corrected chi connectivity index (χ2v) is 8.04. The predicted octanol–water partition coefficient (Wildman–Crippen LogP) is 3.73. The molecule has 1 aliphatic rings. The SMILES string of the molecule is Cc1ccc(C(=O)NCC2CCN(Cc3cn[nH]c3-c3ccccc3)CC2)cc1.O=CO. The van der Waals surface area contributed by atoms with Crippen LogP contribution in [0.25, 0.3) is 11.3 Å². The quantitative estimate of drug-likeness (QED) is 0.514. The first kappa shape index (κ1) is 23.2. The third-order valence-corrected chi connectivity index (χ3v) is 5.75. The van der Waals surface area contributed by atoms with Crippen LogP contribution >= 0.6 is 0 Å². The maximum atomic E-state index is 12.3. The highest BCUT2D eigenvalue weighted by Gasteiger charge is 2.21. The lowest BCUT2D eigenvalue weighted by molar-refractivity contribution is -0.122. The average Bonchev–Trinajstić information content (AvgIpc) is 3.28. The summed E-state index contributed by atoms with van der Waals surface area (Å²) in [4.78, 5) is 23.2. The zero-order valence-corrected chi connectivity index (χ0v) is 18.3. The second-order valence-electron chi connectivity index (χ2n) is 8.04. The highest BCUT2D eigenvalue weighted by atomic mass is 16.3. The fourth-order valence-electron chi connectivity index (χ4n) is 3.92. The molecule has 3 aromatic rings. The standard InChI is InChI=1S/C24H28N4O.CH2O2/c1-18-7-9-21(10-8-18)24(29)25-15-19-11-13-28(14-12-19)17-22-16-26-27-23(22)20-5-3-2-4-6-20;2-1-3/h2-10,16,19H,11-15,17H2,1H3,(H,25,29)(H,26,27);1H,(H,2,3). The molecular weight excluding hydrogens is 404 g/mol. The van der Waals surface area contributed by atoms with Crippen molar-refractivity contribution in [1.82, 2.24) is 20.4 Å². The smallest absolute Gasteiger partial charge is 0.290 e. The number of aromatic nitrogens is 2. The lowest BCUT2D eigenvalue weighted by Gasteiger charge is -2.32. The fraction of sp³-hybridized carbons (Fsp3) is 0.320. The molecule has 2 heterocycles. The molecule has 0 atom stereocenters. The van der Waals surface area contributed by atoms with Gasteiger partial charge >= 0.3 is 0 Å². The Balaban J connectivity index is 0.000000913. The van der Waals surface area contributed by atoms with Gasteiger partial charge in [-0.3, -0.25) is 19.6 Å². The summed E-state index contributed by atoms with van der Waals surface area (Å²) < 4.78 is 0. The van der Waals surface area contributed by atoms with Crippen molar-refractivity contribution in [2.45, 2.75) is 26.3 Å². The van der Waals surface area contributed by atoms with E-state index in [1.54, 1.807) is 0 Å². The number of hydrogen-bond donors (Lipinski definition) is 3. The number of piperidine rings is 1. The van der Waals surface area contributed by atoms with Crippen molar-refractivity contribution in [1.29, 1.82) is 0 Å². The lowest BCUT2D eigenvalue weighted by atomic mass is 9.96. The molecule has 4 rings (SSSR count). The summed E-state index contributed by atoms with van der Waals surface area (Å²) in [5.41, 5.74) is 5.43. The number of carbonyl (C=O) groups is 2. The van der Waals surface area contributed by atoms with Crippen LogP contribution in [-0.2, 0) is 11.3 Å². The zero-order chi connectivity index (χ0) is 22.8. The fourth-order valence-corrected chi connectivity index (χ4v) is 3.92. The van der Waals surface area contributed by atoms with Crippen LogP contribution in [0.4, 0.5) is 0 Å². The lowest BCUT2D eigenvalue weighted by Crippen LogP contribution is -2.38. The molecule has 1 amide bonds. The molecule has 168 valence electrons. The van der Waals surface area contributed by atoms with Gasteiger partial charge < -0.3 is 10.4 Å². The van der Waals surface area contributed by atoms with Crippen LogP contribution < -0.4 is 5.32 Å². The van der Waals surface area contributed by atoms with Crippen molar-refractivity contribution in [3.05, 3.63) is 77.5 Å². The third-order valence-electron chi connectivity index (χ3n) is 5.75. The molecule has 0 unspecified atom stereocenters. The van der Waals surface area contributed by atoms with E-state index in [1.807, 2.05) is 43.5 Å². The molecule has 0 spiro atoms. The van der Waals surface area contributed by atoms with E-state index < -0.39 is 0 Å². The van der Waals surface area contributed by atoms with Crippen molar-refractivity contribution in [3.63, 3.8) is 0 Å². The molecule has 1 fully saturated rings. The normalized spacial score (nSPS) is 14.3. The number of likely N-dealkylation sites (tertiary alicyclic amines) is 1. The molecule has 1 aliphatic heterocycles. The number of hydrogen-bond acceptors (Lipinski definition) is 4. The first-order valence-corrected chi connectivity index (χ1v) is 10.8. The van der Waals surface area contributed by atoms with Gasteiger partial charge in [0.2, 0.25) is 0 Å². The first-order chi connectivity index (χ1) is 15.6. The van der Waals surface area contributed by atoms with E-state index in [2.05, 4.69) is 44.7 Å². The molecule has 0 bridgehead atoms. The van der Waals surface area contributed by atoms with Gasteiger partial charge in [0.05, 0.1) is 11.9 Å². The Bertz CT molecular complexity index is 978. The topological polar surface area (TPSA) is 98.3 Å². The van der Waals surface area contributed by atoms with Crippen LogP contribution in [0, 0.1) is 12.8 Å². The summed E-state index contributed by atoms with van der Waals surface area (Å²) in [6.07, 6.45) is 4.15. The van der Waals surface area contributed by atoms with E-state index >= 15 is 0 Å². The Labute approximate surface area is 188 Å². The van der Waals surface area contributed by atoms with Crippen LogP contribution in [0.1, 0.15) is 34.3 Å². The van der Waals surface area contributed by atoms with Crippen molar-refractivity contribution >= 4 is 12.4 Å². The summed E-state index contributed by atoms with van der Waals surface area (Å²) in [7, 11) is 0. The molecule has 0 radical (unpaired) electrons.